The molecule has 0 aliphatic carbocycles. The van der Waals surface area contributed by atoms with Gasteiger partial charge in [-0.05, 0) is 12.1 Å². The van der Waals surface area contributed by atoms with Crippen LogP contribution in [0.4, 0.5) is 4.79 Å². The van der Waals surface area contributed by atoms with Crippen molar-refractivity contribution in [1.82, 2.24) is 4.90 Å². The van der Waals surface area contributed by atoms with E-state index in [0.29, 0.717) is 5.56 Å². The van der Waals surface area contributed by atoms with E-state index in [1.807, 2.05) is 0 Å². The van der Waals surface area contributed by atoms with E-state index in [-0.39, 0.29) is 0 Å². The molecule has 0 saturated heterocycles. The van der Waals surface area contributed by atoms with Crippen LogP contribution in [0.2, 0.25) is 0 Å². The molecule has 0 atom stereocenters. The van der Waals surface area contributed by atoms with Crippen LogP contribution in [-0.2, 0) is 4.74 Å². The lowest BCUT2D eigenvalue weighted by Gasteiger charge is -2.08. The molecule has 0 N–H and O–H groups in total. The first-order chi connectivity index (χ1) is 6.61. The minimum absolute atomic E-state index is 0.364. The summed E-state index contributed by atoms with van der Waals surface area (Å²) in [6, 6.07) is 8.37. The number of amides is 1. The fourth-order valence-corrected chi connectivity index (χ4v) is 0.804. The summed E-state index contributed by atoms with van der Waals surface area (Å²) in [5, 5.41) is 0. The maximum absolute atomic E-state index is 11.3. The van der Waals surface area contributed by atoms with Crippen molar-refractivity contribution >= 4 is 12.1 Å². The molecule has 0 spiro atoms. The van der Waals surface area contributed by atoms with E-state index in [4.69, 9.17) is 0 Å². The summed E-state index contributed by atoms with van der Waals surface area (Å²) >= 11 is 0. The lowest BCUT2D eigenvalue weighted by Crippen LogP contribution is -2.25. The molecule has 0 saturated carbocycles. The summed E-state index contributed by atoms with van der Waals surface area (Å²) in [6.07, 6.45) is -0.668. The van der Waals surface area contributed by atoms with Crippen LogP contribution in [0, 0.1) is 0 Å². The quantitative estimate of drug-likeness (QED) is 0.502. The van der Waals surface area contributed by atoms with Gasteiger partial charge in [-0.25, -0.2) is 9.59 Å². The molecule has 0 radical (unpaired) electrons. The highest BCUT2D eigenvalue weighted by Crippen LogP contribution is 2.01. The second-order valence-electron chi connectivity index (χ2n) is 2.92. The Balaban J connectivity index is 2.65. The molecule has 4 nitrogen and oxygen atoms in total. The zero-order chi connectivity index (χ0) is 10.6. The Morgan fingerprint density at radius 1 is 1.14 bits per heavy atom. The summed E-state index contributed by atoms with van der Waals surface area (Å²) in [7, 11) is 3.03. The molecule has 0 aromatic heterocycles. The van der Waals surface area contributed by atoms with Gasteiger partial charge in [-0.2, -0.15) is 0 Å². The Morgan fingerprint density at radius 3 is 2.21 bits per heavy atom. The highest BCUT2D eigenvalue weighted by atomic mass is 16.6. The van der Waals surface area contributed by atoms with Crippen LogP contribution in [0.25, 0.3) is 0 Å². The minimum atomic E-state index is -0.668. The number of hydrogen-bond acceptors (Lipinski definition) is 3. The summed E-state index contributed by atoms with van der Waals surface area (Å²) in [4.78, 5) is 23.5. The number of rotatable bonds is 1. The van der Waals surface area contributed by atoms with Gasteiger partial charge in [0.1, 0.15) is 0 Å². The monoisotopic (exact) mass is 193 g/mol. The van der Waals surface area contributed by atoms with E-state index in [0.717, 1.165) is 0 Å². The molecule has 74 valence electrons. The molecular formula is C10H11NO3. The third-order valence-electron chi connectivity index (χ3n) is 1.55. The van der Waals surface area contributed by atoms with Crippen LogP contribution in [0.15, 0.2) is 30.3 Å². The third-order valence-corrected chi connectivity index (χ3v) is 1.55. The number of ether oxygens (including phenoxy) is 1. The van der Waals surface area contributed by atoms with Crippen LogP contribution >= 0.6 is 0 Å². The largest absolute Gasteiger partial charge is 0.417 e. The number of benzene rings is 1. The van der Waals surface area contributed by atoms with Crippen molar-refractivity contribution in [3.63, 3.8) is 0 Å². The van der Waals surface area contributed by atoms with Crippen LogP contribution in [0.5, 0.6) is 0 Å². The fraction of sp³-hybridized carbons (Fsp3) is 0.200. The fourth-order valence-electron chi connectivity index (χ4n) is 0.804. The average molecular weight is 193 g/mol. The number of nitrogens with zero attached hydrogens (tertiary/aromatic N) is 1. The lowest BCUT2D eigenvalue weighted by molar-refractivity contribution is 0.0573. The molecule has 0 aliphatic rings. The molecule has 4 heteroatoms. The topological polar surface area (TPSA) is 46.6 Å². The Morgan fingerprint density at radius 2 is 1.71 bits per heavy atom. The maximum Gasteiger partial charge on any atom is 0.417 e. The molecule has 1 rings (SSSR count). The number of hydrogen-bond donors (Lipinski definition) is 0. The van der Waals surface area contributed by atoms with Gasteiger partial charge < -0.3 is 9.64 Å². The molecule has 1 aromatic rings. The van der Waals surface area contributed by atoms with Crippen LogP contribution < -0.4 is 0 Å². The predicted octanol–water partition coefficient (Wildman–Crippen LogP) is 1.52. The van der Waals surface area contributed by atoms with Crippen LogP contribution in [-0.4, -0.2) is 31.1 Å². The van der Waals surface area contributed by atoms with Gasteiger partial charge >= 0.3 is 12.1 Å². The normalized spacial score (nSPS) is 9.29. The molecule has 0 heterocycles. The van der Waals surface area contributed by atoms with Gasteiger partial charge in [0.2, 0.25) is 0 Å². The van der Waals surface area contributed by atoms with E-state index in [9.17, 15) is 9.59 Å². The van der Waals surface area contributed by atoms with Crippen LogP contribution in [0.1, 0.15) is 10.4 Å². The van der Waals surface area contributed by atoms with E-state index in [1.165, 1.54) is 19.0 Å². The summed E-state index contributed by atoms with van der Waals surface area (Å²) in [5.74, 6) is -0.635. The molecule has 1 amide bonds. The highest BCUT2D eigenvalue weighted by Gasteiger charge is 2.13. The SMILES string of the molecule is CN(C)C(=O)OC(=O)c1ccccc1. The molecule has 1 aromatic carbocycles. The van der Waals surface area contributed by atoms with Crippen LogP contribution in [0.3, 0.4) is 0 Å². The second-order valence-corrected chi connectivity index (χ2v) is 2.92. The Labute approximate surface area is 82.1 Å². The number of carbonyl (C=O) groups is 2. The van der Waals surface area contributed by atoms with Crippen molar-refractivity contribution in [1.29, 1.82) is 0 Å². The van der Waals surface area contributed by atoms with Crippen molar-refractivity contribution in [2.45, 2.75) is 0 Å². The van der Waals surface area contributed by atoms with Gasteiger partial charge in [-0.1, -0.05) is 18.2 Å². The van der Waals surface area contributed by atoms with Gasteiger partial charge in [0.05, 0.1) is 5.56 Å². The Hall–Kier alpha value is -1.84. The van der Waals surface area contributed by atoms with E-state index in [2.05, 4.69) is 4.74 Å². The first kappa shape index (κ1) is 10.2. The van der Waals surface area contributed by atoms with E-state index < -0.39 is 12.1 Å². The van der Waals surface area contributed by atoms with Crippen molar-refractivity contribution in [3.05, 3.63) is 35.9 Å². The van der Waals surface area contributed by atoms with Crippen molar-refractivity contribution in [2.24, 2.45) is 0 Å². The molecule has 0 fully saturated rings. The van der Waals surface area contributed by atoms with Crippen molar-refractivity contribution in [2.75, 3.05) is 14.1 Å². The molecule has 0 bridgehead atoms. The van der Waals surface area contributed by atoms with Gasteiger partial charge in [-0.3, -0.25) is 0 Å². The first-order valence-corrected chi connectivity index (χ1v) is 4.10. The molecule has 0 unspecified atom stereocenters. The molecule has 14 heavy (non-hydrogen) atoms. The van der Waals surface area contributed by atoms with Gasteiger partial charge in [0.15, 0.2) is 0 Å². The van der Waals surface area contributed by atoms with Gasteiger partial charge in [0.25, 0.3) is 0 Å². The average Bonchev–Trinajstić information content (AvgIpc) is 2.19. The lowest BCUT2D eigenvalue weighted by atomic mass is 10.2. The molecular weight excluding hydrogens is 182 g/mol. The predicted molar refractivity (Wildman–Crippen MR) is 50.9 cm³/mol. The Bertz CT molecular complexity index is 332. The molecule has 0 aliphatic heterocycles. The number of carbonyl (C=O) groups excluding carboxylic acids is 2. The van der Waals surface area contributed by atoms with E-state index >= 15 is 0 Å². The number of esters is 1. The van der Waals surface area contributed by atoms with Crippen molar-refractivity contribution in [3.8, 4) is 0 Å². The van der Waals surface area contributed by atoms with E-state index in [1.54, 1.807) is 30.3 Å². The summed E-state index contributed by atoms with van der Waals surface area (Å²) in [6.45, 7) is 0. The highest BCUT2D eigenvalue weighted by molar-refractivity contribution is 5.96. The zero-order valence-corrected chi connectivity index (χ0v) is 8.06. The maximum atomic E-state index is 11.3. The summed E-state index contributed by atoms with van der Waals surface area (Å²) in [5.41, 5.74) is 0.364. The smallest absolute Gasteiger partial charge is 0.372 e. The third kappa shape index (κ3) is 2.58. The Kier molecular flexibility index (Phi) is 3.23. The first-order valence-electron chi connectivity index (χ1n) is 4.10. The summed E-state index contributed by atoms with van der Waals surface area (Å²) < 4.78 is 4.55. The zero-order valence-electron chi connectivity index (χ0n) is 8.06. The van der Waals surface area contributed by atoms with Gasteiger partial charge in [0, 0.05) is 14.1 Å². The standard InChI is InChI=1S/C10H11NO3/c1-11(2)10(13)14-9(12)8-6-4-3-5-7-8/h3-7H,1-2H3. The van der Waals surface area contributed by atoms with Crippen molar-refractivity contribution < 1.29 is 14.3 Å². The van der Waals surface area contributed by atoms with Gasteiger partial charge in [-0.15, -0.1) is 0 Å². The second kappa shape index (κ2) is 4.41. The minimum Gasteiger partial charge on any atom is -0.372 e.